The predicted octanol–water partition coefficient (Wildman–Crippen LogP) is 4.84. The van der Waals surface area contributed by atoms with Crippen molar-refractivity contribution in [2.24, 2.45) is 0 Å². The third-order valence-electron chi connectivity index (χ3n) is 4.25. The number of rotatable bonds is 6. The fourth-order valence-corrected chi connectivity index (χ4v) is 3.04. The largest absolute Gasteiger partial charge is 0.358 e. The lowest BCUT2D eigenvalue weighted by Gasteiger charge is -2.06. The third kappa shape index (κ3) is 3.72. The maximum atomic E-state index is 3.55. The second-order valence-electron chi connectivity index (χ2n) is 5.94. The summed E-state index contributed by atoms with van der Waals surface area (Å²) >= 11 is 0. The average Bonchev–Trinajstić information content (AvgIpc) is 2.89. The lowest BCUT2D eigenvalue weighted by molar-refractivity contribution is 0.687. The maximum absolute atomic E-state index is 3.55. The van der Waals surface area contributed by atoms with Gasteiger partial charge < -0.3 is 10.3 Å². The SMILES string of the molecule is C/C=C/c1ccc(CNCCc2c(C)[nH]c3ccccc23)cc1. The van der Waals surface area contributed by atoms with Crippen molar-refractivity contribution in [1.29, 1.82) is 0 Å². The van der Waals surface area contributed by atoms with Crippen molar-refractivity contribution in [2.75, 3.05) is 6.54 Å². The van der Waals surface area contributed by atoms with Gasteiger partial charge in [0.05, 0.1) is 0 Å². The van der Waals surface area contributed by atoms with Crippen LogP contribution in [0.5, 0.6) is 0 Å². The van der Waals surface area contributed by atoms with Crippen molar-refractivity contribution in [3.8, 4) is 0 Å². The number of nitrogens with one attached hydrogen (secondary N) is 2. The van der Waals surface area contributed by atoms with Gasteiger partial charge >= 0.3 is 0 Å². The molecule has 0 atom stereocenters. The van der Waals surface area contributed by atoms with E-state index in [1.54, 1.807) is 0 Å². The quantitative estimate of drug-likeness (QED) is 0.626. The van der Waals surface area contributed by atoms with Crippen molar-refractivity contribution in [3.63, 3.8) is 0 Å². The van der Waals surface area contributed by atoms with Gasteiger partial charge in [0.2, 0.25) is 0 Å². The van der Waals surface area contributed by atoms with Gasteiger partial charge in [0.1, 0.15) is 0 Å². The second-order valence-corrected chi connectivity index (χ2v) is 5.94. The van der Waals surface area contributed by atoms with Crippen molar-refractivity contribution < 1.29 is 0 Å². The van der Waals surface area contributed by atoms with Gasteiger partial charge in [-0.25, -0.2) is 0 Å². The Hall–Kier alpha value is -2.32. The molecule has 2 N–H and O–H groups in total. The minimum Gasteiger partial charge on any atom is -0.358 e. The number of aromatic nitrogens is 1. The first-order valence-electron chi connectivity index (χ1n) is 8.26. The number of para-hydroxylation sites is 1. The van der Waals surface area contributed by atoms with Gasteiger partial charge in [-0.1, -0.05) is 54.6 Å². The molecular formula is C21H24N2. The molecule has 0 amide bonds. The van der Waals surface area contributed by atoms with Crippen LogP contribution in [-0.2, 0) is 13.0 Å². The van der Waals surface area contributed by atoms with Crippen LogP contribution >= 0.6 is 0 Å². The molecule has 2 aromatic carbocycles. The molecule has 0 aliphatic carbocycles. The highest BCUT2D eigenvalue weighted by atomic mass is 14.8. The maximum Gasteiger partial charge on any atom is 0.0458 e. The van der Waals surface area contributed by atoms with E-state index in [2.05, 4.69) is 77.9 Å². The smallest absolute Gasteiger partial charge is 0.0458 e. The first kappa shape index (κ1) is 15.6. The van der Waals surface area contributed by atoms with Crippen LogP contribution in [0.2, 0.25) is 0 Å². The number of allylic oxidation sites excluding steroid dienone is 1. The van der Waals surface area contributed by atoms with Crippen LogP contribution in [0.4, 0.5) is 0 Å². The fraction of sp³-hybridized carbons (Fsp3) is 0.238. The molecule has 2 nitrogen and oxygen atoms in total. The zero-order chi connectivity index (χ0) is 16.1. The van der Waals surface area contributed by atoms with Crippen LogP contribution < -0.4 is 5.32 Å². The standard InChI is InChI=1S/C21H24N2/c1-3-6-17-9-11-18(12-10-17)15-22-14-13-19-16(2)23-21-8-5-4-7-20(19)21/h3-12,22-23H,13-15H2,1-2H3/b6-3+. The van der Waals surface area contributed by atoms with E-state index in [-0.39, 0.29) is 0 Å². The van der Waals surface area contributed by atoms with Gasteiger partial charge in [-0.15, -0.1) is 0 Å². The number of benzene rings is 2. The molecule has 2 heteroatoms. The van der Waals surface area contributed by atoms with E-state index in [4.69, 9.17) is 0 Å². The van der Waals surface area contributed by atoms with Crippen molar-refractivity contribution in [3.05, 3.63) is 77.0 Å². The summed E-state index contributed by atoms with van der Waals surface area (Å²) in [4.78, 5) is 3.47. The normalized spacial score (nSPS) is 11.6. The zero-order valence-electron chi connectivity index (χ0n) is 13.9. The van der Waals surface area contributed by atoms with Gasteiger partial charge in [-0.3, -0.25) is 0 Å². The van der Waals surface area contributed by atoms with Gasteiger partial charge in [-0.2, -0.15) is 0 Å². The monoisotopic (exact) mass is 304 g/mol. The topological polar surface area (TPSA) is 27.8 Å². The number of aromatic amines is 1. The molecule has 0 unspecified atom stereocenters. The predicted molar refractivity (Wildman–Crippen MR) is 99.6 cm³/mol. The molecule has 1 aromatic heterocycles. The highest BCUT2D eigenvalue weighted by molar-refractivity contribution is 5.84. The van der Waals surface area contributed by atoms with E-state index in [0.29, 0.717) is 0 Å². The van der Waals surface area contributed by atoms with Crippen LogP contribution in [0.1, 0.15) is 29.3 Å². The molecule has 0 bridgehead atoms. The highest BCUT2D eigenvalue weighted by Gasteiger charge is 2.06. The second kappa shape index (κ2) is 7.30. The summed E-state index contributed by atoms with van der Waals surface area (Å²) in [5, 5.41) is 4.90. The van der Waals surface area contributed by atoms with Gasteiger partial charge in [-0.05, 0) is 49.6 Å². The lowest BCUT2D eigenvalue weighted by Crippen LogP contribution is -2.16. The number of fused-ring (bicyclic) bond motifs is 1. The molecule has 23 heavy (non-hydrogen) atoms. The van der Waals surface area contributed by atoms with Crippen LogP contribution in [0.25, 0.3) is 17.0 Å². The van der Waals surface area contributed by atoms with E-state index >= 15 is 0 Å². The Kier molecular flexibility index (Phi) is 4.94. The molecule has 0 aliphatic rings. The number of H-pyrrole nitrogens is 1. The van der Waals surface area contributed by atoms with E-state index in [1.807, 2.05) is 6.92 Å². The molecule has 3 aromatic rings. The summed E-state index contributed by atoms with van der Waals surface area (Å²) in [6, 6.07) is 17.3. The lowest BCUT2D eigenvalue weighted by atomic mass is 10.1. The summed E-state index contributed by atoms with van der Waals surface area (Å²) in [5.74, 6) is 0. The van der Waals surface area contributed by atoms with Crippen LogP contribution in [0, 0.1) is 6.92 Å². The van der Waals surface area contributed by atoms with E-state index in [9.17, 15) is 0 Å². The first-order chi connectivity index (χ1) is 11.3. The fourth-order valence-electron chi connectivity index (χ4n) is 3.04. The molecule has 1 heterocycles. The Morgan fingerprint density at radius 2 is 1.83 bits per heavy atom. The number of hydrogen-bond donors (Lipinski definition) is 2. The first-order valence-corrected chi connectivity index (χ1v) is 8.26. The number of aryl methyl sites for hydroxylation is 1. The molecule has 0 spiro atoms. The van der Waals surface area contributed by atoms with Crippen LogP contribution in [-0.4, -0.2) is 11.5 Å². The van der Waals surface area contributed by atoms with Gasteiger partial charge in [0.25, 0.3) is 0 Å². The summed E-state index contributed by atoms with van der Waals surface area (Å²) in [6.45, 7) is 6.11. The summed E-state index contributed by atoms with van der Waals surface area (Å²) in [7, 11) is 0. The van der Waals surface area contributed by atoms with E-state index < -0.39 is 0 Å². The summed E-state index contributed by atoms with van der Waals surface area (Å²) in [5.41, 5.74) is 6.53. The summed E-state index contributed by atoms with van der Waals surface area (Å²) < 4.78 is 0. The summed E-state index contributed by atoms with van der Waals surface area (Å²) in [6.07, 6.45) is 5.24. The number of hydrogen-bond acceptors (Lipinski definition) is 1. The molecule has 0 fully saturated rings. The van der Waals surface area contributed by atoms with E-state index in [1.165, 1.54) is 33.3 Å². The third-order valence-corrected chi connectivity index (χ3v) is 4.25. The van der Waals surface area contributed by atoms with Crippen LogP contribution in [0.3, 0.4) is 0 Å². The Morgan fingerprint density at radius 3 is 2.61 bits per heavy atom. The Balaban J connectivity index is 1.56. The Bertz CT molecular complexity index is 794. The van der Waals surface area contributed by atoms with Gasteiger partial charge in [0.15, 0.2) is 0 Å². The molecular weight excluding hydrogens is 280 g/mol. The minimum absolute atomic E-state index is 0.914. The molecule has 118 valence electrons. The molecule has 3 rings (SSSR count). The van der Waals surface area contributed by atoms with Crippen molar-refractivity contribution >= 4 is 17.0 Å². The molecule has 0 radical (unpaired) electrons. The average molecular weight is 304 g/mol. The molecule has 0 saturated heterocycles. The molecule has 0 saturated carbocycles. The molecule has 0 aliphatic heterocycles. The van der Waals surface area contributed by atoms with Crippen molar-refractivity contribution in [1.82, 2.24) is 10.3 Å². The Morgan fingerprint density at radius 1 is 1.04 bits per heavy atom. The highest BCUT2D eigenvalue weighted by Crippen LogP contribution is 2.21. The Labute approximate surface area is 138 Å². The van der Waals surface area contributed by atoms with Crippen molar-refractivity contribution in [2.45, 2.75) is 26.8 Å². The van der Waals surface area contributed by atoms with E-state index in [0.717, 1.165) is 19.5 Å². The van der Waals surface area contributed by atoms with Gasteiger partial charge in [0, 0.05) is 23.1 Å². The van der Waals surface area contributed by atoms with Crippen LogP contribution in [0.15, 0.2) is 54.6 Å². The zero-order valence-corrected chi connectivity index (χ0v) is 13.9. The minimum atomic E-state index is 0.914.